The molecular weight excluding hydrogens is 389 g/mol. The monoisotopic (exact) mass is 395 g/mol. The Labute approximate surface area is 133 Å². The summed E-state index contributed by atoms with van der Waals surface area (Å²) < 4.78 is 25.4. The molecule has 1 saturated carbocycles. The maximum atomic E-state index is 11.6. The molecule has 2 aromatic rings. The van der Waals surface area contributed by atoms with E-state index in [1.54, 1.807) is 22.8 Å². The predicted molar refractivity (Wildman–Crippen MR) is 79.5 cm³/mol. The Kier molecular flexibility index (Phi) is 3.56. The van der Waals surface area contributed by atoms with Crippen molar-refractivity contribution in [3.8, 4) is 11.4 Å². The van der Waals surface area contributed by atoms with Gasteiger partial charge in [0.1, 0.15) is 0 Å². The molecule has 1 aromatic carbocycles. The summed E-state index contributed by atoms with van der Waals surface area (Å²) >= 11 is 9.29. The second-order valence-electron chi connectivity index (χ2n) is 4.47. The lowest BCUT2D eigenvalue weighted by molar-refractivity contribution is 0.579. The van der Waals surface area contributed by atoms with Crippen LogP contribution in [0.3, 0.4) is 0 Å². The SMILES string of the molecule is O=S(=O)(Cl)c1nnc(-c2ccc(Cl)c(Br)c2)n1C1CC1. The number of aromatic nitrogens is 3. The maximum Gasteiger partial charge on any atom is 0.296 e. The summed E-state index contributed by atoms with van der Waals surface area (Å²) in [5.74, 6) is 0.476. The highest BCUT2D eigenvalue weighted by Gasteiger charge is 2.34. The normalized spacial score (nSPS) is 15.6. The fourth-order valence-electron chi connectivity index (χ4n) is 1.94. The van der Waals surface area contributed by atoms with Gasteiger partial charge in [0.2, 0.25) is 0 Å². The number of benzene rings is 1. The summed E-state index contributed by atoms with van der Waals surface area (Å²) in [5, 5.41) is 8.05. The molecule has 0 aliphatic heterocycles. The van der Waals surface area contributed by atoms with Crippen LogP contribution in [0.25, 0.3) is 11.4 Å². The van der Waals surface area contributed by atoms with Crippen LogP contribution in [0.15, 0.2) is 27.8 Å². The number of rotatable bonds is 3. The minimum Gasteiger partial charge on any atom is -0.294 e. The minimum atomic E-state index is -3.92. The molecule has 9 heteroatoms. The van der Waals surface area contributed by atoms with Crippen molar-refractivity contribution in [1.82, 2.24) is 14.8 Å². The highest BCUT2D eigenvalue weighted by molar-refractivity contribution is 9.10. The Balaban J connectivity index is 2.19. The molecule has 0 atom stereocenters. The molecule has 0 bridgehead atoms. The van der Waals surface area contributed by atoms with Crippen LogP contribution in [0.4, 0.5) is 0 Å². The quantitative estimate of drug-likeness (QED) is 0.743. The Morgan fingerprint density at radius 2 is 2.00 bits per heavy atom. The fraction of sp³-hybridized carbons (Fsp3) is 0.273. The van der Waals surface area contributed by atoms with Crippen LogP contribution in [0.1, 0.15) is 18.9 Å². The molecule has 0 radical (unpaired) electrons. The van der Waals surface area contributed by atoms with Crippen LogP contribution >= 0.6 is 38.2 Å². The zero-order valence-corrected chi connectivity index (χ0v) is 13.8. The molecule has 20 heavy (non-hydrogen) atoms. The molecule has 1 fully saturated rings. The summed E-state index contributed by atoms with van der Waals surface area (Å²) in [4.78, 5) is 0. The lowest BCUT2D eigenvalue weighted by Gasteiger charge is -2.08. The van der Waals surface area contributed by atoms with E-state index >= 15 is 0 Å². The van der Waals surface area contributed by atoms with Crippen molar-refractivity contribution in [3.63, 3.8) is 0 Å². The second-order valence-corrected chi connectivity index (χ2v) is 8.20. The Hall–Kier alpha value is -0.630. The van der Waals surface area contributed by atoms with E-state index in [2.05, 4.69) is 26.1 Å². The Morgan fingerprint density at radius 1 is 1.30 bits per heavy atom. The van der Waals surface area contributed by atoms with Crippen LogP contribution in [-0.2, 0) is 9.05 Å². The van der Waals surface area contributed by atoms with E-state index in [9.17, 15) is 8.42 Å². The van der Waals surface area contributed by atoms with Crippen molar-refractivity contribution in [2.75, 3.05) is 0 Å². The van der Waals surface area contributed by atoms with E-state index in [-0.39, 0.29) is 11.2 Å². The molecule has 0 unspecified atom stereocenters. The summed E-state index contributed by atoms with van der Waals surface area (Å²) in [6.07, 6.45) is 1.78. The molecule has 0 saturated heterocycles. The topological polar surface area (TPSA) is 64.8 Å². The minimum absolute atomic E-state index is 0.0815. The van der Waals surface area contributed by atoms with Gasteiger partial charge in [-0.2, -0.15) is 0 Å². The maximum absolute atomic E-state index is 11.6. The first kappa shape index (κ1) is 14.3. The van der Waals surface area contributed by atoms with Crippen LogP contribution < -0.4 is 0 Å². The first-order chi connectivity index (χ1) is 9.38. The first-order valence-electron chi connectivity index (χ1n) is 5.73. The van der Waals surface area contributed by atoms with Crippen molar-refractivity contribution in [3.05, 3.63) is 27.7 Å². The van der Waals surface area contributed by atoms with Gasteiger partial charge in [0.15, 0.2) is 5.82 Å². The highest BCUT2D eigenvalue weighted by atomic mass is 79.9. The number of nitrogens with zero attached hydrogens (tertiary/aromatic N) is 3. The average molecular weight is 397 g/mol. The van der Waals surface area contributed by atoms with Gasteiger partial charge >= 0.3 is 0 Å². The largest absolute Gasteiger partial charge is 0.296 e. The van der Waals surface area contributed by atoms with Gasteiger partial charge in [-0.25, -0.2) is 8.42 Å². The predicted octanol–water partition coefficient (Wildman–Crippen LogP) is 3.62. The number of halogens is 3. The van der Waals surface area contributed by atoms with Crippen molar-refractivity contribution in [1.29, 1.82) is 0 Å². The lowest BCUT2D eigenvalue weighted by atomic mass is 10.2. The molecule has 106 valence electrons. The zero-order chi connectivity index (χ0) is 14.5. The highest BCUT2D eigenvalue weighted by Crippen LogP contribution is 2.41. The van der Waals surface area contributed by atoms with E-state index < -0.39 is 9.05 Å². The fourth-order valence-corrected chi connectivity index (χ4v) is 3.36. The Morgan fingerprint density at radius 3 is 2.55 bits per heavy atom. The lowest BCUT2D eigenvalue weighted by Crippen LogP contribution is -2.06. The first-order valence-corrected chi connectivity index (χ1v) is 9.21. The molecule has 1 aromatic heterocycles. The molecule has 0 spiro atoms. The molecule has 5 nitrogen and oxygen atoms in total. The Bertz CT molecular complexity index is 787. The van der Waals surface area contributed by atoms with E-state index in [0.29, 0.717) is 15.3 Å². The van der Waals surface area contributed by atoms with Gasteiger partial charge in [-0.15, -0.1) is 10.2 Å². The van der Waals surface area contributed by atoms with Gasteiger partial charge in [0, 0.05) is 26.8 Å². The molecule has 0 amide bonds. The smallest absolute Gasteiger partial charge is 0.294 e. The van der Waals surface area contributed by atoms with E-state index in [4.69, 9.17) is 22.3 Å². The van der Waals surface area contributed by atoms with E-state index in [1.165, 1.54) is 0 Å². The summed E-state index contributed by atoms with van der Waals surface area (Å²) in [6.45, 7) is 0. The summed E-state index contributed by atoms with van der Waals surface area (Å²) in [5.41, 5.74) is 0.729. The third kappa shape index (κ3) is 2.59. The van der Waals surface area contributed by atoms with Crippen molar-refractivity contribution >= 4 is 47.3 Å². The van der Waals surface area contributed by atoms with Gasteiger partial charge in [-0.1, -0.05) is 11.6 Å². The number of hydrogen-bond donors (Lipinski definition) is 0. The van der Waals surface area contributed by atoms with Gasteiger partial charge < -0.3 is 0 Å². The third-order valence-corrected chi connectivity index (χ3v) is 5.31. The molecule has 3 rings (SSSR count). The molecule has 1 aliphatic rings. The molecule has 0 N–H and O–H groups in total. The van der Waals surface area contributed by atoms with Crippen molar-refractivity contribution in [2.24, 2.45) is 0 Å². The zero-order valence-electron chi connectivity index (χ0n) is 9.92. The molecular formula is C11H8BrCl2N3O2S. The van der Waals surface area contributed by atoms with Gasteiger partial charge in [0.05, 0.1) is 5.02 Å². The summed E-state index contributed by atoms with van der Waals surface area (Å²) in [7, 11) is 1.49. The molecule has 1 heterocycles. The van der Waals surface area contributed by atoms with Crippen LogP contribution in [-0.4, -0.2) is 23.2 Å². The third-order valence-electron chi connectivity index (χ3n) is 2.97. The van der Waals surface area contributed by atoms with Crippen LogP contribution in [0, 0.1) is 0 Å². The van der Waals surface area contributed by atoms with E-state index in [1.807, 2.05) is 0 Å². The second kappa shape index (κ2) is 4.98. The standard InChI is InChI=1S/C11H8BrCl2N3O2S/c12-8-5-6(1-4-9(8)13)10-15-16-11(20(14,18)19)17(10)7-2-3-7/h1,4-5,7H,2-3H2. The van der Waals surface area contributed by atoms with Gasteiger partial charge in [-0.05, 0) is 47.0 Å². The van der Waals surface area contributed by atoms with E-state index in [0.717, 1.165) is 18.4 Å². The van der Waals surface area contributed by atoms with Crippen molar-refractivity contribution in [2.45, 2.75) is 24.0 Å². The van der Waals surface area contributed by atoms with Crippen LogP contribution in [0.5, 0.6) is 0 Å². The van der Waals surface area contributed by atoms with Gasteiger partial charge in [0.25, 0.3) is 14.2 Å². The van der Waals surface area contributed by atoms with Gasteiger partial charge in [-0.3, -0.25) is 4.57 Å². The molecule has 1 aliphatic carbocycles. The average Bonchev–Trinajstić information content (AvgIpc) is 3.10. The van der Waals surface area contributed by atoms with Crippen LogP contribution in [0.2, 0.25) is 5.02 Å². The van der Waals surface area contributed by atoms with Crippen molar-refractivity contribution < 1.29 is 8.42 Å². The summed E-state index contributed by atoms with van der Waals surface area (Å²) in [6, 6.07) is 5.33. The number of hydrogen-bond acceptors (Lipinski definition) is 4.